The van der Waals surface area contributed by atoms with Gasteiger partial charge in [-0.15, -0.1) is 0 Å². The highest BCUT2D eigenvalue weighted by Gasteiger charge is 2.23. The molecule has 1 aliphatic heterocycles. The largest absolute Gasteiger partial charge is 0.338 e. The number of fused-ring (bicyclic) bond motifs is 2. The minimum atomic E-state index is -2.67. The van der Waals surface area contributed by atoms with Gasteiger partial charge in [0.1, 0.15) is 9.92 Å². The Balaban J connectivity index is 1.59. The standard InChI is InChI=1S/C22H22ClN3OS2/c1-16-7-10-18(11-8-16)29(27,24-2)25-13-14-26-19-5-3-4-6-21(19)28-22-12-9-17(23)15-20(22)26/h3-12,15H,13-14H2,1-2H3,(H,24,25,27). The average Bonchev–Trinajstić information content (AvgIpc) is 2.74. The maximum absolute atomic E-state index is 13.3. The number of anilines is 2. The van der Waals surface area contributed by atoms with Crippen LogP contribution >= 0.6 is 23.4 Å². The fourth-order valence-electron chi connectivity index (χ4n) is 3.32. The zero-order valence-corrected chi connectivity index (χ0v) is 18.7. The van der Waals surface area contributed by atoms with Gasteiger partial charge in [-0.2, -0.15) is 0 Å². The van der Waals surface area contributed by atoms with Gasteiger partial charge < -0.3 is 4.90 Å². The van der Waals surface area contributed by atoms with Crippen molar-refractivity contribution in [2.75, 3.05) is 25.0 Å². The van der Waals surface area contributed by atoms with Crippen LogP contribution in [0.5, 0.6) is 0 Å². The maximum Gasteiger partial charge on any atom is 0.137 e. The molecule has 150 valence electrons. The van der Waals surface area contributed by atoms with E-state index >= 15 is 0 Å². The monoisotopic (exact) mass is 443 g/mol. The molecule has 7 heteroatoms. The van der Waals surface area contributed by atoms with E-state index in [1.807, 2.05) is 55.5 Å². The SMILES string of the molecule is CN=S(=O)(NCCN1c2ccccc2Sc2ccc(Cl)cc21)c1ccc(C)cc1. The topological polar surface area (TPSA) is 44.7 Å². The number of nitrogens with one attached hydrogen (secondary N) is 1. The van der Waals surface area contributed by atoms with Crippen molar-refractivity contribution in [2.45, 2.75) is 21.6 Å². The molecule has 0 saturated heterocycles. The lowest BCUT2D eigenvalue weighted by molar-refractivity contribution is 0.663. The molecule has 0 radical (unpaired) electrons. The van der Waals surface area contributed by atoms with Crippen LogP contribution in [0.15, 0.2) is 85.8 Å². The van der Waals surface area contributed by atoms with Crippen molar-refractivity contribution in [1.82, 2.24) is 4.72 Å². The van der Waals surface area contributed by atoms with Gasteiger partial charge in [0.2, 0.25) is 0 Å². The molecule has 0 saturated carbocycles. The van der Waals surface area contributed by atoms with Gasteiger partial charge in [-0.25, -0.2) is 13.3 Å². The maximum atomic E-state index is 13.3. The van der Waals surface area contributed by atoms with Gasteiger partial charge >= 0.3 is 0 Å². The Kier molecular flexibility index (Phi) is 5.88. The van der Waals surface area contributed by atoms with Crippen LogP contribution in [-0.2, 0) is 9.92 Å². The van der Waals surface area contributed by atoms with Crippen molar-refractivity contribution in [1.29, 1.82) is 0 Å². The van der Waals surface area contributed by atoms with E-state index in [4.69, 9.17) is 11.6 Å². The lowest BCUT2D eigenvalue weighted by Crippen LogP contribution is -2.33. The first kappa shape index (κ1) is 20.3. The fourth-order valence-corrected chi connectivity index (χ4v) is 5.94. The Morgan fingerprint density at radius 3 is 2.52 bits per heavy atom. The van der Waals surface area contributed by atoms with Crippen LogP contribution in [0.2, 0.25) is 5.02 Å². The quantitative estimate of drug-likeness (QED) is 0.532. The van der Waals surface area contributed by atoms with Crippen molar-refractivity contribution in [3.05, 3.63) is 77.3 Å². The highest BCUT2D eigenvalue weighted by Crippen LogP contribution is 2.48. The highest BCUT2D eigenvalue weighted by atomic mass is 35.5. The summed E-state index contributed by atoms with van der Waals surface area (Å²) in [6, 6.07) is 21.9. The molecule has 4 rings (SSSR count). The van der Waals surface area contributed by atoms with Crippen molar-refractivity contribution in [3.63, 3.8) is 0 Å². The molecule has 0 bridgehead atoms. The van der Waals surface area contributed by atoms with Gasteiger partial charge in [0.05, 0.1) is 16.3 Å². The molecule has 1 atom stereocenters. The molecule has 3 aromatic rings. The Labute approximate surface area is 181 Å². The average molecular weight is 444 g/mol. The predicted octanol–water partition coefficient (Wildman–Crippen LogP) is 5.91. The summed E-state index contributed by atoms with van der Waals surface area (Å²) in [4.78, 5) is 5.28. The number of benzene rings is 3. The molecule has 0 spiro atoms. The number of aryl methyl sites for hydroxylation is 1. The summed E-state index contributed by atoms with van der Waals surface area (Å²) in [5.74, 6) is 0. The third kappa shape index (κ3) is 4.16. The van der Waals surface area contributed by atoms with Crippen molar-refractivity contribution >= 4 is 44.7 Å². The van der Waals surface area contributed by atoms with E-state index < -0.39 is 9.92 Å². The molecule has 4 nitrogen and oxygen atoms in total. The van der Waals surface area contributed by atoms with Gasteiger partial charge in [0, 0.05) is 35.0 Å². The second kappa shape index (κ2) is 8.40. The van der Waals surface area contributed by atoms with Gasteiger partial charge in [-0.1, -0.05) is 53.2 Å². The molecule has 1 aliphatic rings. The van der Waals surface area contributed by atoms with Gasteiger partial charge in [0.15, 0.2) is 0 Å². The van der Waals surface area contributed by atoms with E-state index in [1.165, 1.54) is 4.90 Å². The summed E-state index contributed by atoms with van der Waals surface area (Å²) >= 11 is 8.02. The van der Waals surface area contributed by atoms with E-state index in [1.54, 1.807) is 18.8 Å². The van der Waals surface area contributed by atoms with Gasteiger partial charge in [0.25, 0.3) is 0 Å². The highest BCUT2D eigenvalue weighted by molar-refractivity contribution is 7.99. The number of rotatable bonds is 5. The third-order valence-electron chi connectivity index (χ3n) is 4.82. The number of halogens is 1. The summed E-state index contributed by atoms with van der Waals surface area (Å²) in [5.41, 5.74) is 3.32. The van der Waals surface area contributed by atoms with Crippen LogP contribution in [0.3, 0.4) is 0 Å². The summed E-state index contributed by atoms with van der Waals surface area (Å²) in [6.07, 6.45) is 0. The minimum absolute atomic E-state index is 0.509. The number of para-hydroxylation sites is 1. The zero-order chi connectivity index (χ0) is 20.4. The molecule has 0 aromatic heterocycles. The molecular weight excluding hydrogens is 422 g/mol. The van der Waals surface area contributed by atoms with Gasteiger partial charge in [-0.05, 0) is 49.4 Å². The smallest absolute Gasteiger partial charge is 0.137 e. The second-order valence-corrected chi connectivity index (χ2v) is 10.4. The van der Waals surface area contributed by atoms with Crippen LogP contribution in [0.25, 0.3) is 0 Å². The first-order chi connectivity index (χ1) is 14.0. The molecule has 0 fully saturated rings. The minimum Gasteiger partial charge on any atom is -0.338 e. The van der Waals surface area contributed by atoms with Crippen molar-refractivity contribution < 1.29 is 4.21 Å². The molecular formula is C22H22ClN3OS2. The molecule has 1 N–H and O–H groups in total. The molecule has 3 aromatic carbocycles. The lowest BCUT2D eigenvalue weighted by atomic mass is 10.2. The molecule has 1 heterocycles. The van der Waals surface area contributed by atoms with E-state index in [2.05, 4.69) is 32.2 Å². The Morgan fingerprint density at radius 2 is 1.76 bits per heavy atom. The zero-order valence-electron chi connectivity index (χ0n) is 16.3. The number of hydrogen-bond acceptors (Lipinski definition) is 4. The summed E-state index contributed by atoms with van der Waals surface area (Å²) in [5, 5.41) is 0.703. The van der Waals surface area contributed by atoms with Gasteiger partial charge in [-0.3, -0.25) is 0 Å². The van der Waals surface area contributed by atoms with E-state index in [9.17, 15) is 4.21 Å². The number of hydrogen-bond donors (Lipinski definition) is 1. The molecule has 0 amide bonds. The Bertz CT molecular complexity index is 1150. The Hall–Kier alpha value is -1.99. The predicted molar refractivity (Wildman–Crippen MR) is 123 cm³/mol. The Morgan fingerprint density at radius 1 is 1.03 bits per heavy atom. The lowest BCUT2D eigenvalue weighted by Gasteiger charge is -2.33. The van der Waals surface area contributed by atoms with Crippen molar-refractivity contribution in [3.8, 4) is 0 Å². The summed E-state index contributed by atoms with van der Waals surface area (Å²) < 4.78 is 20.7. The van der Waals surface area contributed by atoms with Crippen LogP contribution in [-0.4, -0.2) is 24.3 Å². The van der Waals surface area contributed by atoms with Crippen LogP contribution in [0, 0.1) is 6.92 Å². The van der Waals surface area contributed by atoms with Crippen LogP contribution in [0.1, 0.15) is 5.56 Å². The van der Waals surface area contributed by atoms with Crippen LogP contribution < -0.4 is 9.62 Å². The van der Waals surface area contributed by atoms with Crippen molar-refractivity contribution in [2.24, 2.45) is 4.36 Å². The molecule has 29 heavy (non-hydrogen) atoms. The van der Waals surface area contributed by atoms with E-state index in [-0.39, 0.29) is 0 Å². The number of nitrogens with zero attached hydrogens (tertiary/aromatic N) is 2. The molecule has 1 unspecified atom stereocenters. The van der Waals surface area contributed by atoms with Crippen LogP contribution in [0.4, 0.5) is 11.4 Å². The first-order valence-electron chi connectivity index (χ1n) is 9.31. The first-order valence-corrected chi connectivity index (χ1v) is 12.0. The second-order valence-electron chi connectivity index (χ2n) is 6.75. The molecule has 0 aliphatic carbocycles. The van der Waals surface area contributed by atoms with E-state index in [0.29, 0.717) is 23.0 Å². The van der Waals surface area contributed by atoms with E-state index in [0.717, 1.165) is 21.8 Å². The normalized spacial score (nSPS) is 14.7. The third-order valence-corrected chi connectivity index (χ3v) is 8.20. The summed E-state index contributed by atoms with van der Waals surface area (Å²) in [7, 11) is -1.07. The summed E-state index contributed by atoms with van der Waals surface area (Å²) in [6.45, 7) is 3.16. The fraction of sp³-hybridized carbons (Fsp3) is 0.182.